The molecule has 2 heterocycles. The number of carbonyl (C=O) groups is 1. The first kappa shape index (κ1) is 11.9. The van der Waals surface area contributed by atoms with Crippen LogP contribution in [-0.2, 0) is 4.79 Å². The molecule has 0 aliphatic carbocycles. The Morgan fingerprint density at radius 3 is 1.88 bits per heavy atom. The van der Waals surface area contributed by atoms with Crippen molar-refractivity contribution >= 4 is 5.91 Å². The largest absolute Gasteiger partial charge is 0.340 e. The highest BCUT2D eigenvalue weighted by molar-refractivity contribution is 5.73. The van der Waals surface area contributed by atoms with Crippen LogP contribution in [0.4, 0.5) is 0 Å². The quantitative estimate of drug-likeness (QED) is 0.689. The summed E-state index contributed by atoms with van der Waals surface area (Å²) in [7, 11) is 0. The minimum Gasteiger partial charge on any atom is -0.340 e. The fraction of sp³-hybridized carbons (Fsp3) is 0.917. The molecule has 0 unspecified atom stereocenters. The van der Waals surface area contributed by atoms with E-state index in [1.54, 1.807) is 6.92 Å². The van der Waals surface area contributed by atoms with Gasteiger partial charge in [-0.3, -0.25) is 9.69 Å². The Morgan fingerprint density at radius 1 is 0.875 bits per heavy atom. The van der Waals surface area contributed by atoms with Gasteiger partial charge in [0.2, 0.25) is 5.91 Å². The highest BCUT2D eigenvalue weighted by atomic mass is 16.2. The molecule has 2 aliphatic rings. The SMILES string of the molecule is CC(=O)N1CCN(CCN2CCCC2)CC1. The van der Waals surface area contributed by atoms with Crippen LogP contribution in [-0.4, -0.2) is 73.0 Å². The molecule has 2 rings (SSSR count). The molecule has 2 aliphatic heterocycles. The number of amides is 1. The third-order valence-electron chi connectivity index (χ3n) is 3.75. The zero-order chi connectivity index (χ0) is 11.4. The van der Waals surface area contributed by atoms with E-state index in [4.69, 9.17) is 0 Å². The van der Waals surface area contributed by atoms with E-state index in [0.29, 0.717) is 0 Å². The second-order valence-corrected chi connectivity index (χ2v) is 4.90. The molecule has 0 N–H and O–H groups in total. The fourth-order valence-electron chi connectivity index (χ4n) is 2.58. The highest BCUT2D eigenvalue weighted by Crippen LogP contribution is 2.08. The summed E-state index contributed by atoms with van der Waals surface area (Å²) in [5, 5.41) is 0. The van der Waals surface area contributed by atoms with Gasteiger partial charge in [-0.15, -0.1) is 0 Å². The van der Waals surface area contributed by atoms with Crippen LogP contribution in [0, 0.1) is 0 Å². The third kappa shape index (κ3) is 3.19. The molecule has 1 amide bonds. The van der Waals surface area contributed by atoms with Crippen molar-refractivity contribution in [2.45, 2.75) is 19.8 Å². The standard InChI is InChI=1S/C12H23N3O/c1-12(16)15-10-8-14(9-11-15)7-6-13-4-2-3-5-13/h2-11H2,1H3. The normalized spacial score (nSPS) is 23.9. The Labute approximate surface area is 98.2 Å². The first-order chi connectivity index (χ1) is 7.75. The molecule has 0 atom stereocenters. The van der Waals surface area contributed by atoms with Crippen molar-refractivity contribution in [3.05, 3.63) is 0 Å². The monoisotopic (exact) mass is 225 g/mol. The maximum atomic E-state index is 11.2. The lowest BCUT2D eigenvalue weighted by atomic mass is 10.3. The molecule has 0 spiro atoms. The predicted octanol–water partition coefficient (Wildman–Crippen LogP) is 0.246. The van der Waals surface area contributed by atoms with Crippen molar-refractivity contribution in [1.82, 2.24) is 14.7 Å². The maximum Gasteiger partial charge on any atom is 0.219 e. The number of hydrogen-bond donors (Lipinski definition) is 0. The number of hydrogen-bond acceptors (Lipinski definition) is 3. The summed E-state index contributed by atoms with van der Waals surface area (Å²) in [4.78, 5) is 18.2. The molecule has 16 heavy (non-hydrogen) atoms. The van der Waals surface area contributed by atoms with Crippen LogP contribution >= 0.6 is 0 Å². The van der Waals surface area contributed by atoms with E-state index in [-0.39, 0.29) is 5.91 Å². The lowest BCUT2D eigenvalue weighted by Crippen LogP contribution is -2.49. The van der Waals surface area contributed by atoms with Gasteiger partial charge in [-0.1, -0.05) is 0 Å². The molecule has 0 aromatic carbocycles. The second-order valence-electron chi connectivity index (χ2n) is 4.90. The summed E-state index contributed by atoms with van der Waals surface area (Å²) in [6.07, 6.45) is 2.75. The van der Waals surface area contributed by atoms with Gasteiger partial charge in [-0.25, -0.2) is 0 Å². The number of rotatable bonds is 3. The van der Waals surface area contributed by atoms with Gasteiger partial charge in [0.15, 0.2) is 0 Å². The van der Waals surface area contributed by atoms with Crippen LogP contribution in [0.25, 0.3) is 0 Å². The van der Waals surface area contributed by atoms with Crippen LogP contribution in [0.3, 0.4) is 0 Å². The van der Waals surface area contributed by atoms with Crippen LogP contribution < -0.4 is 0 Å². The molecule has 2 saturated heterocycles. The molecule has 0 aromatic heterocycles. The molecular formula is C12H23N3O. The average Bonchev–Trinajstić information content (AvgIpc) is 2.80. The van der Waals surface area contributed by atoms with Gasteiger partial charge in [-0.05, 0) is 25.9 Å². The summed E-state index contributed by atoms with van der Waals surface area (Å²) >= 11 is 0. The minimum atomic E-state index is 0.221. The summed E-state index contributed by atoms with van der Waals surface area (Å²) < 4.78 is 0. The van der Waals surface area contributed by atoms with E-state index in [9.17, 15) is 4.79 Å². The highest BCUT2D eigenvalue weighted by Gasteiger charge is 2.19. The number of nitrogens with zero attached hydrogens (tertiary/aromatic N) is 3. The van der Waals surface area contributed by atoms with Gasteiger partial charge < -0.3 is 9.80 Å². The second kappa shape index (κ2) is 5.64. The molecule has 0 saturated carbocycles. The number of piperazine rings is 1. The first-order valence-electron chi connectivity index (χ1n) is 6.46. The van der Waals surface area contributed by atoms with Crippen LogP contribution in [0.15, 0.2) is 0 Å². The van der Waals surface area contributed by atoms with Crippen LogP contribution in [0.5, 0.6) is 0 Å². The van der Waals surface area contributed by atoms with Crippen molar-refractivity contribution in [1.29, 1.82) is 0 Å². The third-order valence-corrected chi connectivity index (χ3v) is 3.75. The lowest BCUT2D eigenvalue weighted by Gasteiger charge is -2.34. The Morgan fingerprint density at radius 2 is 1.38 bits per heavy atom. The zero-order valence-electron chi connectivity index (χ0n) is 10.3. The maximum absolute atomic E-state index is 11.2. The summed E-state index contributed by atoms with van der Waals surface area (Å²) in [5.74, 6) is 0.221. The first-order valence-corrected chi connectivity index (χ1v) is 6.46. The Bertz CT molecular complexity index is 230. The lowest BCUT2D eigenvalue weighted by molar-refractivity contribution is -0.130. The fourth-order valence-corrected chi connectivity index (χ4v) is 2.58. The van der Waals surface area contributed by atoms with Crippen molar-refractivity contribution in [3.8, 4) is 0 Å². The molecule has 4 nitrogen and oxygen atoms in total. The van der Waals surface area contributed by atoms with Gasteiger partial charge in [-0.2, -0.15) is 0 Å². The van der Waals surface area contributed by atoms with E-state index in [2.05, 4.69) is 9.80 Å². The van der Waals surface area contributed by atoms with E-state index in [1.165, 1.54) is 39.0 Å². The van der Waals surface area contributed by atoms with Gasteiger partial charge >= 0.3 is 0 Å². The van der Waals surface area contributed by atoms with Gasteiger partial charge in [0.05, 0.1) is 0 Å². The van der Waals surface area contributed by atoms with Gasteiger partial charge in [0.1, 0.15) is 0 Å². The van der Waals surface area contributed by atoms with E-state index in [1.807, 2.05) is 4.90 Å². The summed E-state index contributed by atoms with van der Waals surface area (Å²) in [6.45, 7) is 10.5. The molecular weight excluding hydrogens is 202 g/mol. The molecule has 0 radical (unpaired) electrons. The minimum absolute atomic E-state index is 0.221. The molecule has 0 bridgehead atoms. The number of likely N-dealkylation sites (tertiary alicyclic amines) is 1. The Hall–Kier alpha value is -0.610. The van der Waals surface area contributed by atoms with Crippen molar-refractivity contribution in [2.75, 3.05) is 52.4 Å². The van der Waals surface area contributed by atoms with Crippen LogP contribution in [0.1, 0.15) is 19.8 Å². The van der Waals surface area contributed by atoms with E-state index >= 15 is 0 Å². The number of carbonyl (C=O) groups excluding carboxylic acids is 1. The van der Waals surface area contributed by atoms with Crippen molar-refractivity contribution in [3.63, 3.8) is 0 Å². The van der Waals surface area contributed by atoms with Crippen molar-refractivity contribution < 1.29 is 4.79 Å². The van der Waals surface area contributed by atoms with E-state index < -0.39 is 0 Å². The van der Waals surface area contributed by atoms with Crippen molar-refractivity contribution in [2.24, 2.45) is 0 Å². The molecule has 2 fully saturated rings. The molecule has 0 aromatic rings. The Balaban J connectivity index is 1.63. The molecule has 4 heteroatoms. The summed E-state index contributed by atoms with van der Waals surface area (Å²) in [6, 6.07) is 0. The Kier molecular flexibility index (Phi) is 4.18. The van der Waals surface area contributed by atoms with Crippen LogP contribution in [0.2, 0.25) is 0 Å². The predicted molar refractivity (Wildman–Crippen MR) is 64.4 cm³/mol. The zero-order valence-corrected chi connectivity index (χ0v) is 10.3. The average molecular weight is 225 g/mol. The van der Waals surface area contributed by atoms with Gasteiger partial charge in [0.25, 0.3) is 0 Å². The van der Waals surface area contributed by atoms with Gasteiger partial charge in [0, 0.05) is 46.2 Å². The molecule has 92 valence electrons. The summed E-state index contributed by atoms with van der Waals surface area (Å²) in [5.41, 5.74) is 0. The smallest absolute Gasteiger partial charge is 0.219 e. The van der Waals surface area contributed by atoms with E-state index in [0.717, 1.165) is 26.2 Å². The topological polar surface area (TPSA) is 26.8 Å².